The molecule has 0 aliphatic carbocycles. The molecule has 0 spiro atoms. The Bertz CT molecular complexity index is 241. The van der Waals surface area contributed by atoms with Crippen molar-refractivity contribution in [3.8, 4) is 0 Å². The van der Waals surface area contributed by atoms with Gasteiger partial charge in [0.05, 0.1) is 13.0 Å². The molecule has 1 aliphatic heterocycles. The maximum atomic E-state index is 11.2. The molecule has 1 heterocycles. The average Bonchev–Trinajstić information content (AvgIpc) is 2.15. The van der Waals surface area contributed by atoms with Crippen LogP contribution in [0.4, 0.5) is 4.79 Å². The van der Waals surface area contributed by atoms with E-state index in [-0.39, 0.29) is 24.3 Å². The van der Waals surface area contributed by atoms with Gasteiger partial charge in [0.1, 0.15) is 0 Å². The number of methoxy groups -OCH3 is 1. The minimum atomic E-state index is -0.967. The fourth-order valence-electron chi connectivity index (χ4n) is 1.85. The van der Waals surface area contributed by atoms with Gasteiger partial charge in [0, 0.05) is 13.1 Å². The van der Waals surface area contributed by atoms with Crippen LogP contribution in [0.15, 0.2) is 0 Å². The largest absolute Gasteiger partial charge is 0.469 e. The molecule has 1 rings (SSSR count). The number of nitrogens with zero attached hydrogens (tertiary/aromatic N) is 1. The highest BCUT2D eigenvalue weighted by molar-refractivity contribution is 5.74. The number of hydrogen-bond acceptors (Lipinski definition) is 3. The number of esters is 1. The molecule has 5 heteroatoms. The summed E-state index contributed by atoms with van der Waals surface area (Å²) >= 11 is 0. The number of likely N-dealkylation sites (tertiary alicyclic amines) is 1. The number of hydrogen-bond donors (Lipinski definition) is 1. The predicted octanol–water partition coefficient (Wildman–Crippen LogP) is 0.795. The standard InChI is InChI=1S/C9H15NO4/c1-6-3-7(8(11)14-2)5-10(4-6)9(12)13/h6-7H,3-5H2,1-2H3,(H,12,13). The van der Waals surface area contributed by atoms with Crippen LogP contribution in [0.3, 0.4) is 0 Å². The van der Waals surface area contributed by atoms with E-state index in [2.05, 4.69) is 4.74 Å². The van der Waals surface area contributed by atoms with Gasteiger partial charge in [-0.05, 0) is 12.3 Å². The highest BCUT2D eigenvalue weighted by Gasteiger charge is 2.32. The molecule has 0 aromatic carbocycles. The first-order chi connectivity index (χ1) is 6.54. The Morgan fingerprint density at radius 1 is 1.43 bits per heavy atom. The summed E-state index contributed by atoms with van der Waals surface area (Å²) in [6.45, 7) is 2.69. The van der Waals surface area contributed by atoms with E-state index < -0.39 is 6.09 Å². The molecule has 1 saturated heterocycles. The van der Waals surface area contributed by atoms with Gasteiger partial charge in [-0.15, -0.1) is 0 Å². The predicted molar refractivity (Wildman–Crippen MR) is 48.9 cm³/mol. The van der Waals surface area contributed by atoms with E-state index in [4.69, 9.17) is 5.11 Å². The van der Waals surface area contributed by atoms with Gasteiger partial charge >= 0.3 is 12.1 Å². The maximum absolute atomic E-state index is 11.2. The van der Waals surface area contributed by atoms with Crippen molar-refractivity contribution in [2.45, 2.75) is 13.3 Å². The molecule has 2 unspecified atom stereocenters. The third-order valence-electron chi connectivity index (χ3n) is 2.46. The van der Waals surface area contributed by atoms with Crippen molar-refractivity contribution in [2.75, 3.05) is 20.2 Å². The zero-order valence-electron chi connectivity index (χ0n) is 8.40. The van der Waals surface area contributed by atoms with E-state index in [9.17, 15) is 9.59 Å². The molecule has 1 N–H and O–H groups in total. The van der Waals surface area contributed by atoms with Gasteiger partial charge in [-0.25, -0.2) is 4.79 Å². The lowest BCUT2D eigenvalue weighted by molar-refractivity contribution is -0.147. The minimum absolute atomic E-state index is 0.212. The number of rotatable bonds is 1. The van der Waals surface area contributed by atoms with Crippen molar-refractivity contribution in [1.29, 1.82) is 0 Å². The lowest BCUT2D eigenvalue weighted by atomic mass is 9.91. The smallest absolute Gasteiger partial charge is 0.407 e. The monoisotopic (exact) mass is 201 g/mol. The molecule has 14 heavy (non-hydrogen) atoms. The molecular formula is C9H15NO4. The molecule has 0 radical (unpaired) electrons. The van der Waals surface area contributed by atoms with Crippen LogP contribution in [0.2, 0.25) is 0 Å². The molecule has 1 fully saturated rings. The maximum Gasteiger partial charge on any atom is 0.407 e. The van der Waals surface area contributed by atoms with E-state index in [0.29, 0.717) is 13.0 Å². The Labute approximate surface area is 82.6 Å². The van der Waals surface area contributed by atoms with Crippen LogP contribution in [0.5, 0.6) is 0 Å². The first-order valence-electron chi connectivity index (χ1n) is 4.60. The summed E-state index contributed by atoms with van der Waals surface area (Å²) in [4.78, 5) is 23.2. The van der Waals surface area contributed by atoms with Crippen molar-refractivity contribution in [3.05, 3.63) is 0 Å². The van der Waals surface area contributed by atoms with Gasteiger partial charge in [-0.2, -0.15) is 0 Å². The summed E-state index contributed by atoms with van der Waals surface area (Å²) in [5.41, 5.74) is 0. The van der Waals surface area contributed by atoms with Gasteiger partial charge in [0.15, 0.2) is 0 Å². The van der Waals surface area contributed by atoms with E-state index in [1.807, 2.05) is 6.92 Å². The summed E-state index contributed by atoms with van der Waals surface area (Å²) in [5.74, 6) is -0.411. The highest BCUT2D eigenvalue weighted by atomic mass is 16.5. The summed E-state index contributed by atoms with van der Waals surface area (Å²) in [7, 11) is 1.33. The Morgan fingerprint density at radius 3 is 2.57 bits per heavy atom. The zero-order chi connectivity index (χ0) is 10.7. The lowest BCUT2D eigenvalue weighted by Gasteiger charge is -2.33. The second-order valence-electron chi connectivity index (χ2n) is 3.75. The van der Waals surface area contributed by atoms with Crippen molar-refractivity contribution in [3.63, 3.8) is 0 Å². The molecule has 1 aliphatic rings. The topological polar surface area (TPSA) is 66.8 Å². The minimum Gasteiger partial charge on any atom is -0.469 e. The molecule has 0 saturated carbocycles. The number of ether oxygens (including phenoxy) is 1. The molecule has 2 atom stereocenters. The van der Waals surface area contributed by atoms with Gasteiger partial charge in [0.25, 0.3) is 0 Å². The third-order valence-corrected chi connectivity index (χ3v) is 2.46. The third kappa shape index (κ3) is 2.37. The van der Waals surface area contributed by atoms with Crippen molar-refractivity contribution in [2.24, 2.45) is 11.8 Å². The van der Waals surface area contributed by atoms with Crippen LogP contribution in [-0.4, -0.2) is 42.3 Å². The molecule has 1 amide bonds. The van der Waals surface area contributed by atoms with Crippen LogP contribution in [0.25, 0.3) is 0 Å². The quantitative estimate of drug-likeness (QED) is 0.637. The Balaban J connectivity index is 2.62. The van der Waals surface area contributed by atoms with E-state index in [1.54, 1.807) is 0 Å². The van der Waals surface area contributed by atoms with E-state index >= 15 is 0 Å². The van der Waals surface area contributed by atoms with Crippen molar-refractivity contribution < 1.29 is 19.4 Å². The zero-order valence-corrected chi connectivity index (χ0v) is 8.40. The summed E-state index contributed by atoms with van der Waals surface area (Å²) in [6.07, 6.45) is -0.262. The number of carbonyl (C=O) groups is 2. The number of piperidine rings is 1. The number of carbonyl (C=O) groups excluding carboxylic acids is 1. The Kier molecular flexibility index (Phi) is 3.33. The molecule has 5 nitrogen and oxygen atoms in total. The molecule has 80 valence electrons. The van der Waals surface area contributed by atoms with E-state index in [0.717, 1.165) is 0 Å². The van der Waals surface area contributed by atoms with Gasteiger partial charge in [-0.3, -0.25) is 4.79 Å². The second kappa shape index (κ2) is 4.30. The van der Waals surface area contributed by atoms with Crippen LogP contribution in [0.1, 0.15) is 13.3 Å². The number of carboxylic acid groups (broad SMARTS) is 1. The summed E-state index contributed by atoms with van der Waals surface area (Å²) in [6, 6.07) is 0. The van der Waals surface area contributed by atoms with Crippen molar-refractivity contribution in [1.82, 2.24) is 4.90 Å². The lowest BCUT2D eigenvalue weighted by Crippen LogP contribution is -2.45. The first-order valence-corrected chi connectivity index (χ1v) is 4.60. The number of amides is 1. The van der Waals surface area contributed by atoms with Gasteiger partial charge < -0.3 is 14.7 Å². The normalized spacial score (nSPS) is 27.1. The molecule has 0 aromatic heterocycles. The van der Waals surface area contributed by atoms with E-state index in [1.165, 1.54) is 12.0 Å². The Morgan fingerprint density at radius 2 is 2.07 bits per heavy atom. The van der Waals surface area contributed by atoms with Crippen LogP contribution >= 0.6 is 0 Å². The van der Waals surface area contributed by atoms with Crippen LogP contribution < -0.4 is 0 Å². The van der Waals surface area contributed by atoms with Crippen LogP contribution in [-0.2, 0) is 9.53 Å². The highest BCUT2D eigenvalue weighted by Crippen LogP contribution is 2.22. The SMILES string of the molecule is COC(=O)C1CC(C)CN(C(=O)O)C1. The fraction of sp³-hybridized carbons (Fsp3) is 0.778. The van der Waals surface area contributed by atoms with Crippen molar-refractivity contribution >= 4 is 12.1 Å². The first kappa shape index (κ1) is 10.8. The van der Waals surface area contributed by atoms with Crippen LogP contribution in [0, 0.1) is 11.8 Å². The molecular weight excluding hydrogens is 186 g/mol. The molecule has 0 aromatic rings. The fourth-order valence-corrected chi connectivity index (χ4v) is 1.85. The average molecular weight is 201 g/mol. The summed E-state index contributed by atoms with van der Waals surface area (Å²) in [5, 5.41) is 8.80. The summed E-state index contributed by atoms with van der Waals surface area (Å²) < 4.78 is 4.61. The van der Waals surface area contributed by atoms with Gasteiger partial charge in [0.2, 0.25) is 0 Å². The second-order valence-corrected chi connectivity index (χ2v) is 3.75. The molecule has 0 bridgehead atoms. The van der Waals surface area contributed by atoms with Gasteiger partial charge in [-0.1, -0.05) is 6.92 Å². The Hall–Kier alpha value is -1.26.